The third kappa shape index (κ3) is 4.57. The summed E-state index contributed by atoms with van der Waals surface area (Å²) in [5.74, 6) is 0.403. The van der Waals surface area contributed by atoms with Gasteiger partial charge < -0.3 is 14.4 Å². The van der Waals surface area contributed by atoms with Crippen molar-refractivity contribution in [2.24, 2.45) is 0 Å². The average molecular weight is 340 g/mol. The normalized spacial score (nSPS) is 18.0. The van der Waals surface area contributed by atoms with Gasteiger partial charge in [0.2, 0.25) is 5.88 Å². The van der Waals surface area contributed by atoms with Crippen LogP contribution < -0.4 is 4.74 Å². The van der Waals surface area contributed by atoms with Gasteiger partial charge in [-0.3, -0.25) is 4.79 Å². The van der Waals surface area contributed by atoms with Gasteiger partial charge in [-0.1, -0.05) is 36.4 Å². The van der Waals surface area contributed by atoms with E-state index in [4.69, 9.17) is 9.47 Å². The van der Waals surface area contributed by atoms with Crippen LogP contribution in [0.15, 0.2) is 48.5 Å². The first-order valence-corrected chi connectivity index (χ1v) is 8.73. The minimum absolute atomic E-state index is 0.0241. The zero-order valence-electron chi connectivity index (χ0n) is 14.7. The summed E-state index contributed by atoms with van der Waals surface area (Å²) < 4.78 is 11.5. The highest BCUT2D eigenvalue weighted by atomic mass is 16.5. The molecule has 0 aliphatic carbocycles. The van der Waals surface area contributed by atoms with Gasteiger partial charge in [0.05, 0.1) is 18.8 Å². The van der Waals surface area contributed by atoms with Gasteiger partial charge in [-0.05, 0) is 31.9 Å². The number of hydrogen-bond acceptors (Lipinski definition) is 4. The lowest BCUT2D eigenvalue weighted by Gasteiger charge is -2.19. The van der Waals surface area contributed by atoms with Crippen LogP contribution in [0.25, 0.3) is 0 Å². The first-order chi connectivity index (χ1) is 12.1. The van der Waals surface area contributed by atoms with E-state index in [2.05, 4.69) is 17.1 Å². The molecule has 1 atom stereocenters. The molecule has 0 saturated carbocycles. The van der Waals surface area contributed by atoms with E-state index in [9.17, 15) is 4.79 Å². The minimum Gasteiger partial charge on any atom is -0.475 e. The van der Waals surface area contributed by atoms with Gasteiger partial charge in [0, 0.05) is 19.2 Å². The predicted octanol–water partition coefficient (Wildman–Crippen LogP) is 3.47. The van der Waals surface area contributed by atoms with Crippen LogP contribution in [0.3, 0.4) is 0 Å². The number of rotatable bonds is 4. The summed E-state index contributed by atoms with van der Waals surface area (Å²) in [5.41, 5.74) is 1.57. The van der Waals surface area contributed by atoms with Crippen molar-refractivity contribution in [3.63, 3.8) is 0 Å². The Hall–Kier alpha value is -2.40. The Labute approximate surface area is 148 Å². The second kappa shape index (κ2) is 8.12. The van der Waals surface area contributed by atoms with E-state index in [1.165, 1.54) is 0 Å². The number of carbonyl (C=O) groups is 1. The molecular weight excluding hydrogens is 316 g/mol. The van der Waals surface area contributed by atoms with E-state index in [-0.39, 0.29) is 18.1 Å². The first-order valence-electron chi connectivity index (χ1n) is 8.73. The molecule has 1 saturated heterocycles. The summed E-state index contributed by atoms with van der Waals surface area (Å²) in [6.07, 6.45) is 0.830. The lowest BCUT2D eigenvalue weighted by molar-refractivity contribution is 0.0583. The van der Waals surface area contributed by atoms with Crippen LogP contribution in [0, 0.1) is 0 Å². The van der Waals surface area contributed by atoms with Gasteiger partial charge in [-0.2, -0.15) is 0 Å². The quantitative estimate of drug-likeness (QED) is 0.855. The molecule has 0 N–H and O–H groups in total. The topological polar surface area (TPSA) is 51.7 Å². The van der Waals surface area contributed by atoms with Crippen molar-refractivity contribution < 1.29 is 14.3 Å². The second-order valence-electron chi connectivity index (χ2n) is 6.38. The second-order valence-corrected chi connectivity index (χ2v) is 6.38. The molecule has 3 rings (SSSR count). The Morgan fingerprint density at radius 2 is 1.96 bits per heavy atom. The molecule has 1 fully saturated rings. The van der Waals surface area contributed by atoms with Crippen LogP contribution in [-0.2, 0) is 4.74 Å². The molecule has 5 heteroatoms. The summed E-state index contributed by atoms with van der Waals surface area (Å²) in [6, 6.07) is 15.5. The van der Waals surface area contributed by atoms with E-state index in [0.717, 1.165) is 12.0 Å². The average Bonchev–Trinajstić information content (AvgIpc) is 2.88. The number of pyridine rings is 1. The Morgan fingerprint density at radius 1 is 1.16 bits per heavy atom. The van der Waals surface area contributed by atoms with Crippen LogP contribution in [0.1, 0.15) is 42.4 Å². The van der Waals surface area contributed by atoms with Gasteiger partial charge in [-0.15, -0.1) is 0 Å². The number of carbonyl (C=O) groups excluding carboxylic acids is 1. The predicted molar refractivity (Wildman–Crippen MR) is 95.7 cm³/mol. The molecule has 132 valence electrons. The lowest BCUT2D eigenvalue weighted by Crippen LogP contribution is -2.33. The number of aromatic nitrogens is 1. The molecule has 1 aliphatic rings. The molecule has 0 radical (unpaired) electrons. The molecule has 1 aliphatic heterocycles. The highest BCUT2D eigenvalue weighted by molar-refractivity contribution is 5.92. The van der Waals surface area contributed by atoms with Crippen molar-refractivity contribution >= 4 is 5.91 Å². The lowest BCUT2D eigenvalue weighted by atomic mass is 10.1. The molecule has 25 heavy (non-hydrogen) atoms. The van der Waals surface area contributed by atoms with E-state index in [1.807, 2.05) is 36.9 Å². The van der Waals surface area contributed by atoms with Gasteiger partial charge in [0.25, 0.3) is 5.91 Å². The maximum Gasteiger partial charge on any atom is 0.272 e. The molecule has 2 aromatic rings. The van der Waals surface area contributed by atoms with Crippen LogP contribution >= 0.6 is 0 Å². The van der Waals surface area contributed by atoms with Crippen molar-refractivity contribution in [1.82, 2.24) is 9.88 Å². The summed E-state index contributed by atoms with van der Waals surface area (Å²) in [6.45, 7) is 5.61. The van der Waals surface area contributed by atoms with Gasteiger partial charge in [0.15, 0.2) is 0 Å². The van der Waals surface area contributed by atoms with Crippen molar-refractivity contribution in [3.8, 4) is 5.88 Å². The fourth-order valence-electron chi connectivity index (χ4n) is 2.91. The van der Waals surface area contributed by atoms with Gasteiger partial charge in [-0.25, -0.2) is 4.98 Å². The molecule has 1 aromatic heterocycles. The van der Waals surface area contributed by atoms with E-state index in [0.29, 0.717) is 31.3 Å². The molecule has 1 unspecified atom stereocenters. The van der Waals surface area contributed by atoms with Crippen LogP contribution in [0.5, 0.6) is 5.88 Å². The van der Waals surface area contributed by atoms with E-state index in [1.54, 1.807) is 18.2 Å². The Morgan fingerprint density at radius 3 is 2.72 bits per heavy atom. The summed E-state index contributed by atoms with van der Waals surface area (Å²) in [7, 11) is 0. The van der Waals surface area contributed by atoms with E-state index >= 15 is 0 Å². The monoisotopic (exact) mass is 340 g/mol. The fraction of sp³-hybridized carbons (Fsp3) is 0.400. The Kier molecular flexibility index (Phi) is 5.66. The minimum atomic E-state index is -0.0773. The van der Waals surface area contributed by atoms with Crippen molar-refractivity contribution in [1.29, 1.82) is 0 Å². The number of nitrogens with zero attached hydrogens (tertiary/aromatic N) is 2. The molecule has 1 amide bonds. The summed E-state index contributed by atoms with van der Waals surface area (Å²) in [5, 5.41) is 0. The largest absolute Gasteiger partial charge is 0.475 e. The van der Waals surface area contributed by atoms with Crippen molar-refractivity contribution in [2.75, 3.05) is 19.7 Å². The molecule has 0 bridgehead atoms. The molecule has 1 aromatic carbocycles. The maximum absolute atomic E-state index is 12.8. The SMILES string of the molecule is CC(C)Oc1cccc(C(=O)N2CCOC(c3ccccc3)CC2)n1. The Bertz CT molecular complexity index is 703. The number of amides is 1. The Balaban J connectivity index is 1.67. The zero-order valence-corrected chi connectivity index (χ0v) is 14.7. The summed E-state index contributed by atoms with van der Waals surface area (Å²) in [4.78, 5) is 18.9. The van der Waals surface area contributed by atoms with Gasteiger partial charge in [0.1, 0.15) is 5.69 Å². The highest BCUT2D eigenvalue weighted by Crippen LogP contribution is 2.24. The summed E-state index contributed by atoms with van der Waals surface area (Å²) >= 11 is 0. The van der Waals surface area contributed by atoms with E-state index < -0.39 is 0 Å². The van der Waals surface area contributed by atoms with Gasteiger partial charge >= 0.3 is 0 Å². The van der Waals surface area contributed by atoms with Crippen LogP contribution in [-0.4, -0.2) is 41.6 Å². The number of ether oxygens (including phenoxy) is 2. The smallest absolute Gasteiger partial charge is 0.272 e. The third-order valence-electron chi connectivity index (χ3n) is 4.10. The standard InChI is InChI=1S/C20H24N2O3/c1-15(2)25-19-10-6-9-17(21-19)20(23)22-12-11-18(24-14-13-22)16-7-4-3-5-8-16/h3-10,15,18H,11-14H2,1-2H3. The zero-order chi connectivity index (χ0) is 17.6. The van der Waals surface area contributed by atoms with Crippen LogP contribution in [0.2, 0.25) is 0 Å². The van der Waals surface area contributed by atoms with Crippen LogP contribution in [0.4, 0.5) is 0 Å². The third-order valence-corrected chi connectivity index (χ3v) is 4.10. The molecular formula is C20H24N2O3. The fourth-order valence-corrected chi connectivity index (χ4v) is 2.91. The first kappa shape index (κ1) is 17.4. The number of hydrogen-bond donors (Lipinski definition) is 0. The highest BCUT2D eigenvalue weighted by Gasteiger charge is 2.23. The molecule has 0 spiro atoms. The molecule has 5 nitrogen and oxygen atoms in total. The van der Waals surface area contributed by atoms with Crippen molar-refractivity contribution in [3.05, 3.63) is 59.8 Å². The number of benzene rings is 1. The maximum atomic E-state index is 12.8. The van der Waals surface area contributed by atoms with Crippen molar-refractivity contribution in [2.45, 2.75) is 32.5 Å². The molecule has 2 heterocycles.